The molecule has 0 aliphatic rings. The average Bonchev–Trinajstić information content (AvgIpc) is 2.33. The summed E-state index contributed by atoms with van der Waals surface area (Å²) in [5.41, 5.74) is 1.50. The van der Waals surface area contributed by atoms with Crippen molar-refractivity contribution in [3.8, 4) is 0 Å². The molecule has 0 spiro atoms. The quantitative estimate of drug-likeness (QED) is 0.600. The molecule has 0 radical (unpaired) electrons. The minimum absolute atomic E-state index is 0.0566. The topological polar surface area (TPSA) is 98.7 Å². The molecule has 1 atom stereocenters. The third-order valence-corrected chi connectivity index (χ3v) is 3.70. The van der Waals surface area contributed by atoms with Crippen LogP contribution >= 0.6 is 31.9 Å². The molecule has 0 aliphatic carbocycles. The van der Waals surface area contributed by atoms with Crippen molar-refractivity contribution < 1.29 is 19.8 Å². The molecule has 110 valence electrons. The molecule has 0 fully saturated rings. The molecule has 2 amide bonds. The lowest BCUT2D eigenvalue weighted by atomic mass is 10.2. The molecule has 1 aromatic rings. The molecule has 0 aliphatic heterocycles. The first-order chi connectivity index (χ1) is 9.35. The van der Waals surface area contributed by atoms with Crippen LogP contribution in [0.1, 0.15) is 12.0 Å². The van der Waals surface area contributed by atoms with E-state index >= 15 is 0 Å². The second-order valence-corrected chi connectivity index (χ2v) is 5.81. The van der Waals surface area contributed by atoms with E-state index in [1.165, 1.54) is 0 Å². The van der Waals surface area contributed by atoms with Gasteiger partial charge in [0, 0.05) is 22.0 Å². The van der Waals surface area contributed by atoms with Gasteiger partial charge in [-0.15, -0.1) is 0 Å². The number of carboxylic acid groups (broad SMARTS) is 1. The Morgan fingerprint density at radius 1 is 1.30 bits per heavy atom. The van der Waals surface area contributed by atoms with Gasteiger partial charge in [-0.1, -0.05) is 0 Å². The highest BCUT2D eigenvalue weighted by Gasteiger charge is 2.20. The van der Waals surface area contributed by atoms with Gasteiger partial charge < -0.3 is 20.8 Å². The smallest absolute Gasteiger partial charge is 0.326 e. The van der Waals surface area contributed by atoms with Crippen LogP contribution in [0.15, 0.2) is 21.1 Å². The van der Waals surface area contributed by atoms with Crippen molar-refractivity contribution in [2.24, 2.45) is 0 Å². The number of amides is 2. The summed E-state index contributed by atoms with van der Waals surface area (Å²) in [5, 5.41) is 22.5. The number of urea groups is 1. The van der Waals surface area contributed by atoms with Crippen LogP contribution in [-0.2, 0) is 4.79 Å². The summed E-state index contributed by atoms with van der Waals surface area (Å²) in [6.45, 7) is 1.58. The van der Waals surface area contributed by atoms with Gasteiger partial charge in [0.1, 0.15) is 6.04 Å². The lowest BCUT2D eigenvalue weighted by Crippen LogP contribution is -2.43. The number of carbonyl (C=O) groups excluding carboxylic acids is 1. The third-order valence-electron chi connectivity index (χ3n) is 2.45. The monoisotopic (exact) mass is 408 g/mol. The molecular formula is C12H14Br2N2O4. The van der Waals surface area contributed by atoms with E-state index in [-0.39, 0.29) is 13.0 Å². The average molecular weight is 410 g/mol. The standard InChI is InChI=1S/C12H14Br2N2O4/c1-6-4-7(13)10(8(14)5-6)16-12(20)15-9(2-3-17)11(18)19/h4-5,9,17H,2-3H2,1H3,(H,18,19)(H2,15,16,20)/t9-/m0/s1. The molecule has 8 heteroatoms. The van der Waals surface area contributed by atoms with Gasteiger partial charge in [0.25, 0.3) is 0 Å². The second-order valence-electron chi connectivity index (χ2n) is 4.11. The number of aliphatic hydroxyl groups excluding tert-OH is 1. The zero-order valence-corrected chi connectivity index (χ0v) is 13.8. The summed E-state index contributed by atoms with van der Waals surface area (Å²) in [7, 11) is 0. The second kappa shape index (κ2) is 7.61. The molecule has 0 unspecified atom stereocenters. The van der Waals surface area contributed by atoms with E-state index in [0.717, 1.165) is 5.56 Å². The van der Waals surface area contributed by atoms with E-state index in [1.807, 2.05) is 19.1 Å². The minimum Gasteiger partial charge on any atom is -0.480 e. The van der Waals surface area contributed by atoms with Crippen LogP contribution in [0.3, 0.4) is 0 Å². The molecule has 1 aromatic carbocycles. The Morgan fingerprint density at radius 3 is 2.30 bits per heavy atom. The van der Waals surface area contributed by atoms with Crippen LogP contribution in [-0.4, -0.2) is 34.9 Å². The minimum atomic E-state index is -1.20. The SMILES string of the molecule is Cc1cc(Br)c(NC(=O)N[C@@H](CCO)C(=O)O)c(Br)c1. The largest absolute Gasteiger partial charge is 0.480 e. The van der Waals surface area contributed by atoms with E-state index in [0.29, 0.717) is 14.6 Å². The molecule has 0 saturated carbocycles. The van der Waals surface area contributed by atoms with Crippen LogP contribution in [0.2, 0.25) is 0 Å². The molecule has 0 bridgehead atoms. The van der Waals surface area contributed by atoms with Gasteiger partial charge in [-0.2, -0.15) is 0 Å². The predicted molar refractivity (Wildman–Crippen MR) is 81.9 cm³/mol. The van der Waals surface area contributed by atoms with Crippen molar-refractivity contribution in [3.63, 3.8) is 0 Å². The van der Waals surface area contributed by atoms with Crippen LogP contribution < -0.4 is 10.6 Å². The molecular weight excluding hydrogens is 396 g/mol. The summed E-state index contributed by atoms with van der Waals surface area (Å²) >= 11 is 6.65. The van der Waals surface area contributed by atoms with Crippen molar-refractivity contribution in [3.05, 3.63) is 26.6 Å². The lowest BCUT2D eigenvalue weighted by molar-refractivity contribution is -0.139. The van der Waals surface area contributed by atoms with Crippen LogP contribution in [0.25, 0.3) is 0 Å². The van der Waals surface area contributed by atoms with Gasteiger partial charge in [0.05, 0.1) is 5.69 Å². The number of benzene rings is 1. The summed E-state index contributed by atoms with van der Waals surface area (Å²) in [6, 6.07) is 1.85. The van der Waals surface area contributed by atoms with Crippen molar-refractivity contribution in [2.75, 3.05) is 11.9 Å². The fourth-order valence-electron chi connectivity index (χ4n) is 1.51. The first-order valence-electron chi connectivity index (χ1n) is 5.72. The number of halogens is 2. The Balaban J connectivity index is 2.78. The number of aliphatic carboxylic acids is 1. The van der Waals surface area contributed by atoms with Crippen LogP contribution in [0.5, 0.6) is 0 Å². The number of aryl methyl sites for hydroxylation is 1. The Kier molecular flexibility index (Phi) is 6.44. The number of carbonyl (C=O) groups is 2. The highest BCUT2D eigenvalue weighted by Crippen LogP contribution is 2.32. The van der Waals surface area contributed by atoms with Gasteiger partial charge in [0.2, 0.25) is 0 Å². The van der Waals surface area contributed by atoms with Gasteiger partial charge in [-0.25, -0.2) is 9.59 Å². The summed E-state index contributed by atoms with van der Waals surface area (Å²) in [4.78, 5) is 22.7. The maximum atomic E-state index is 11.8. The fourth-order valence-corrected chi connectivity index (χ4v) is 3.13. The number of rotatable bonds is 5. The van der Waals surface area contributed by atoms with E-state index in [9.17, 15) is 9.59 Å². The summed E-state index contributed by atoms with van der Waals surface area (Å²) in [6.07, 6.45) is -0.0566. The zero-order chi connectivity index (χ0) is 15.3. The van der Waals surface area contributed by atoms with Gasteiger partial charge in [0.15, 0.2) is 0 Å². The number of anilines is 1. The third kappa shape index (κ3) is 4.77. The molecule has 0 heterocycles. The molecule has 20 heavy (non-hydrogen) atoms. The highest BCUT2D eigenvalue weighted by molar-refractivity contribution is 9.11. The Bertz CT molecular complexity index is 499. The number of hydrogen-bond donors (Lipinski definition) is 4. The van der Waals surface area contributed by atoms with Gasteiger partial charge in [-0.3, -0.25) is 0 Å². The van der Waals surface area contributed by atoms with E-state index in [1.54, 1.807) is 0 Å². The Hall–Kier alpha value is -1.12. The predicted octanol–water partition coefficient (Wildman–Crippen LogP) is 2.48. The van der Waals surface area contributed by atoms with Gasteiger partial charge in [-0.05, 0) is 56.5 Å². The first kappa shape index (κ1) is 16.9. The maximum absolute atomic E-state index is 11.8. The normalized spacial score (nSPS) is 11.8. The van der Waals surface area contributed by atoms with Crippen molar-refractivity contribution in [2.45, 2.75) is 19.4 Å². The molecule has 0 saturated heterocycles. The Labute approximate surface area is 132 Å². The summed E-state index contributed by atoms with van der Waals surface area (Å²) < 4.78 is 1.35. The maximum Gasteiger partial charge on any atom is 0.326 e. The van der Waals surface area contributed by atoms with Crippen molar-refractivity contribution in [1.29, 1.82) is 0 Å². The lowest BCUT2D eigenvalue weighted by Gasteiger charge is -2.15. The van der Waals surface area contributed by atoms with E-state index in [2.05, 4.69) is 42.5 Å². The highest BCUT2D eigenvalue weighted by atomic mass is 79.9. The molecule has 0 aromatic heterocycles. The van der Waals surface area contributed by atoms with Crippen molar-refractivity contribution in [1.82, 2.24) is 5.32 Å². The number of hydrogen-bond acceptors (Lipinski definition) is 3. The molecule has 1 rings (SSSR count). The van der Waals surface area contributed by atoms with Crippen molar-refractivity contribution >= 4 is 49.5 Å². The molecule has 4 N–H and O–H groups in total. The number of carboxylic acids is 1. The van der Waals surface area contributed by atoms with E-state index < -0.39 is 18.0 Å². The summed E-state index contributed by atoms with van der Waals surface area (Å²) in [5.74, 6) is -1.20. The van der Waals surface area contributed by atoms with Crippen LogP contribution in [0, 0.1) is 6.92 Å². The molecule has 6 nitrogen and oxygen atoms in total. The fraction of sp³-hybridized carbons (Fsp3) is 0.333. The zero-order valence-electron chi connectivity index (χ0n) is 10.6. The first-order valence-corrected chi connectivity index (χ1v) is 7.30. The number of nitrogens with one attached hydrogen (secondary N) is 2. The van der Waals surface area contributed by atoms with E-state index in [4.69, 9.17) is 10.2 Å². The van der Waals surface area contributed by atoms with Crippen LogP contribution in [0.4, 0.5) is 10.5 Å². The van der Waals surface area contributed by atoms with Gasteiger partial charge >= 0.3 is 12.0 Å². The number of aliphatic hydroxyl groups is 1. The Morgan fingerprint density at radius 2 is 1.85 bits per heavy atom.